The van der Waals surface area contributed by atoms with Crippen molar-refractivity contribution < 1.29 is 0 Å². The van der Waals surface area contributed by atoms with Gasteiger partial charge in [-0.2, -0.15) is 10.4 Å². The molecule has 0 saturated carbocycles. The van der Waals surface area contributed by atoms with Crippen LogP contribution in [0.2, 0.25) is 0 Å². The fraction of sp³-hybridized carbons (Fsp3) is 0.727. The van der Waals surface area contributed by atoms with Gasteiger partial charge in [0.2, 0.25) is 0 Å². The summed E-state index contributed by atoms with van der Waals surface area (Å²) in [5, 5.41) is 12.7. The predicted molar refractivity (Wildman–Crippen MR) is 61.3 cm³/mol. The lowest BCUT2D eigenvalue weighted by Crippen LogP contribution is -2.29. The molecule has 1 heterocycles. The quantitative estimate of drug-likeness (QED) is 0.724. The number of nitrogens with zero attached hydrogens (tertiary/aromatic N) is 5. The standard InChI is InChI=1S/C11H19N5/c1-10(2)7-16(6-4-5-12)8-11-13-9-14-15(11)3/h9-10H,4,6-8H2,1-3H3. The Hall–Kier alpha value is -1.41. The first-order valence-electron chi connectivity index (χ1n) is 5.55. The second kappa shape index (κ2) is 6.23. The van der Waals surface area contributed by atoms with Gasteiger partial charge in [0.25, 0.3) is 0 Å². The lowest BCUT2D eigenvalue weighted by Gasteiger charge is -2.22. The highest BCUT2D eigenvalue weighted by molar-refractivity contribution is 4.84. The molecule has 0 aliphatic heterocycles. The number of rotatable bonds is 6. The molecule has 1 rings (SSSR count). The van der Waals surface area contributed by atoms with Crippen LogP contribution in [0.3, 0.4) is 0 Å². The molecule has 0 radical (unpaired) electrons. The number of hydrogen-bond acceptors (Lipinski definition) is 4. The molecule has 5 heteroatoms. The van der Waals surface area contributed by atoms with Gasteiger partial charge in [-0.15, -0.1) is 0 Å². The van der Waals surface area contributed by atoms with Crippen LogP contribution >= 0.6 is 0 Å². The fourth-order valence-electron chi connectivity index (χ4n) is 1.62. The Morgan fingerprint density at radius 3 is 2.81 bits per heavy atom. The molecule has 0 atom stereocenters. The summed E-state index contributed by atoms with van der Waals surface area (Å²) in [5.74, 6) is 1.53. The van der Waals surface area contributed by atoms with Crippen molar-refractivity contribution in [3.8, 4) is 6.07 Å². The molecule has 88 valence electrons. The second-order valence-corrected chi connectivity index (χ2v) is 4.34. The van der Waals surface area contributed by atoms with Crippen LogP contribution in [-0.2, 0) is 13.6 Å². The van der Waals surface area contributed by atoms with Gasteiger partial charge >= 0.3 is 0 Å². The van der Waals surface area contributed by atoms with Gasteiger partial charge in [-0.25, -0.2) is 4.98 Å². The van der Waals surface area contributed by atoms with E-state index in [1.165, 1.54) is 0 Å². The first kappa shape index (κ1) is 12.7. The minimum atomic E-state index is 0.560. The van der Waals surface area contributed by atoms with E-state index in [1.54, 1.807) is 11.0 Å². The van der Waals surface area contributed by atoms with Gasteiger partial charge in [0.1, 0.15) is 12.2 Å². The molecule has 0 fully saturated rings. The van der Waals surface area contributed by atoms with Crippen molar-refractivity contribution in [3.63, 3.8) is 0 Å². The minimum Gasteiger partial charge on any atom is -0.295 e. The normalized spacial score (nSPS) is 11.0. The maximum atomic E-state index is 8.62. The second-order valence-electron chi connectivity index (χ2n) is 4.34. The molecule has 5 nitrogen and oxygen atoms in total. The zero-order chi connectivity index (χ0) is 12.0. The van der Waals surface area contributed by atoms with Crippen molar-refractivity contribution in [2.45, 2.75) is 26.8 Å². The van der Waals surface area contributed by atoms with Crippen molar-refractivity contribution in [1.29, 1.82) is 5.26 Å². The Morgan fingerprint density at radius 1 is 1.56 bits per heavy atom. The van der Waals surface area contributed by atoms with Gasteiger partial charge in [-0.1, -0.05) is 13.8 Å². The summed E-state index contributed by atoms with van der Waals surface area (Å²) in [6.07, 6.45) is 2.12. The van der Waals surface area contributed by atoms with Crippen LogP contribution in [-0.4, -0.2) is 32.8 Å². The first-order valence-corrected chi connectivity index (χ1v) is 5.55. The molecule has 0 aliphatic carbocycles. The van der Waals surface area contributed by atoms with Gasteiger partial charge in [-0.05, 0) is 5.92 Å². The molecular formula is C11H19N5. The van der Waals surface area contributed by atoms with Crippen molar-refractivity contribution in [3.05, 3.63) is 12.2 Å². The smallest absolute Gasteiger partial charge is 0.140 e. The van der Waals surface area contributed by atoms with Crippen LogP contribution in [0.5, 0.6) is 0 Å². The molecule has 0 saturated heterocycles. The van der Waals surface area contributed by atoms with E-state index in [1.807, 2.05) is 7.05 Å². The molecule has 0 unspecified atom stereocenters. The van der Waals surface area contributed by atoms with Gasteiger partial charge < -0.3 is 0 Å². The summed E-state index contributed by atoms with van der Waals surface area (Å²) in [5.41, 5.74) is 0. The van der Waals surface area contributed by atoms with Crippen molar-refractivity contribution in [2.24, 2.45) is 13.0 Å². The summed E-state index contributed by atoms with van der Waals surface area (Å²) < 4.78 is 1.78. The summed E-state index contributed by atoms with van der Waals surface area (Å²) in [6, 6.07) is 2.18. The Balaban J connectivity index is 2.56. The third kappa shape index (κ3) is 3.99. The van der Waals surface area contributed by atoms with Crippen molar-refractivity contribution in [1.82, 2.24) is 19.7 Å². The zero-order valence-corrected chi connectivity index (χ0v) is 10.2. The van der Waals surface area contributed by atoms with Crippen molar-refractivity contribution in [2.75, 3.05) is 13.1 Å². The summed E-state index contributed by atoms with van der Waals surface area (Å²) >= 11 is 0. The van der Waals surface area contributed by atoms with Crippen LogP contribution in [0.25, 0.3) is 0 Å². The lowest BCUT2D eigenvalue weighted by molar-refractivity contribution is 0.232. The van der Waals surface area contributed by atoms with Crippen LogP contribution < -0.4 is 0 Å². The van der Waals surface area contributed by atoms with Gasteiger partial charge in [0, 0.05) is 26.6 Å². The molecule has 0 N–H and O–H groups in total. The maximum absolute atomic E-state index is 8.62. The van der Waals surface area contributed by atoms with E-state index >= 15 is 0 Å². The van der Waals surface area contributed by atoms with Crippen LogP contribution in [0, 0.1) is 17.2 Å². The van der Waals surface area contributed by atoms with E-state index in [-0.39, 0.29) is 0 Å². The van der Waals surface area contributed by atoms with Crippen LogP contribution in [0.15, 0.2) is 6.33 Å². The number of aryl methyl sites for hydroxylation is 1. The Kier molecular flexibility index (Phi) is 4.93. The number of aromatic nitrogens is 3. The zero-order valence-electron chi connectivity index (χ0n) is 10.2. The van der Waals surface area contributed by atoms with E-state index < -0.39 is 0 Å². The molecule has 1 aromatic rings. The van der Waals surface area contributed by atoms with E-state index in [4.69, 9.17) is 5.26 Å². The maximum Gasteiger partial charge on any atom is 0.140 e. The monoisotopic (exact) mass is 221 g/mol. The average molecular weight is 221 g/mol. The molecular weight excluding hydrogens is 202 g/mol. The van der Waals surface area contributed by atoms with E-state index in [9.17, 15) is 0 Å². The van der Waals surface area contributed by atoms with Crippen LogP contribution in [0.1, 0.15) is 26.1 Å². The SMILES string of the molecule is CC(C)CN(CCC#N)Cc1ncnn1C. The van der Waals surface area contributed by atoms with E-state index in [2.05, 4.69) is 34.9 Å². The molecule has 0 bridgehead atoms. The summed E-state index contributed by atoms with van der Waals surface area (Å²) in [4.78, 5) is 6.45. The molecule has 1 aromatic heterocycles. The molecule has 0 spiro atoms. The number of nitriles is 1. The summed E-state index contributed by atoms with van der Waals surface area (Å²) in [7, 11) is 1.89. The van der Waals surface area contributed by atoms with E-state index in [0.29, 0.717) is 12.3 Å². The van der Waals surface area contributed by atoms with Gasteiger partial charge in [0.15, 0.2) is 0 Å². The first-order chi connectivity index (χ1) is 7.63. The molecule has 0 aliphatic rings. The fourth-order valence-corrected chi connectivity index (χ4v) is 1.62. The largest absolute Gasteiger partial charge is 0.295 e. The van der Waals surface area contributed by atoms with Crippen LogP contribution in [0.4, 0.5) is 0 Å². The Bertz CT molecular complexity index is 350. The third-order valence-electron chi connectivity index (χ3n) is 2.33. The average Bonchev–Trinajstić information content (AvgIpc) is 2.60. The Morgan fingerprint density at radius 2 is 2.31 bits per heavy atom. The van der Waals surface area contributed by atoms with Gasteiger partial charge in [-0.3, -0.25) is 9.58 Å². The van der Waals surface area contributed by atoms with Gasteiger partial charge in [0.05, 0.1) is 12.6 Å². The Labute approximate surface area is 96.7 Å². The minimum absolute atomic E-state index is 0.560. The lowest BCUT2D eigenvalue weighted by atomic mass is 10.2. The topological polar surface area (TPSA) is 57.7 Å². The highest BCUT2D eigenvalue weighted by atomic mass is 15.3. The summed E-state index contributed by atoms with van der Waals surface area (Å²) in [6.45, 7) is 6.89. The third-order valence-corrected chi connectivity index (χ3v) is 2.33. The highest BCUT2D eigenvalue weighted by Crippen LogP contribution is 2.05. The molecule has 0 amide bonds. The van der Waals surface area contributed by atoms with Crippen molar-refractivity contribution >= 4 is 0 Å². The predicted octanol–water partition coefficient (Wildman–Crippen LogP) is 1.19. The molecule has 0 aromatic carbocycles. The number of hydrogen-bond donors (Lipinski definition) is 0. The molecule has 16 heavy (non-hydrogen) atoms. The highest BCUT2D eigenvalue weighted by Gasteiger charge is 2.10. The van der Waals surface area contributed by atoms with E-state index in [0.717, 1.165) is 25.5 Å².